The van der Waals surface area contributed by atoms with Gasteiger partial charge in [-0.25, -0.2) is 11.0 Å². The molecule has 0 bridgehead atoms. The third-order valence-electron chi connectivity index (χ3n) is 2.64. The lowest BCUT2D eigenvalue weighted by Gasteiger charge is -2.46. The number of amides is 1. The number of fused-ring (bicyclic) bond motifs is 1. The van der Waals surface area contributed by atoms with Crippen LogP contribution in [0.4, 0.5) is 0 Å². The molecule has 0 aromatic carbocycles. The van der Waals surface area contributed by atoms with Crippen molar-refractivity contribution in [2.75, 3.05) is 20.2 Å². The number of nitrogens with zero attached hydrogens (tertiary/aromatic N) is 3. The van der Waals surface area contributed by atoms with Crippen molar-refractivity contribution >= 4 is 30.0 Å². The number of esters is 1. The second-order valence-electron chi connectivity index (χ2n) is 4.41. The van der Waals surface area contributed by atoms with Gasteiger partial charge in [0.2, 0.25) is 5.91 Å². The summed E-state index contributed by atoms with van der Waals surface area (Å²) in [6.45, 7) is 2.15. The quantitative estimate of drug-likeness (QED) is 0.141. The zero-order chi connectivity index (χ0) is 16.0. The van der Waals surface area contributed by atoms with Gasteiger partial charge in [-0.05, 0) is 11.0 Å². The van der Waals surface area contributed by atoms with Crippen LogP contribution in [0, 0.1) is 0 Å². The highest BCUT2D eigenvalue weighted by atomic mass is 32.2. The van der Waals surface area contributed by atoms with E-state index in [1.807, 2.05) is 5.41 Å². The average Bonchev–Trinajstić information content (AvgIpc) is 2.44. The van der Waals surface area contributed by atoms with E-state index < -0.39 is 0 Å². The zero-order valence-electron chi connectivity index (χ0n) is 11.9. The lowest BCUT2D eigenvalue weighted by atomic mass is 10.1. The molecular formula is C11H20N6O3S. The van der Waals surface area contributed by atoms with E-state index in [2.05, 4.69) is 5.10 Å². The van der Waals surface area contributed by atoms with Crippen molar-refractivity contribution in [1.82, 2.24) is 10.0 Å². The number of carbonyl (C=O) groups is 2. The summed E-state index contributed by atoms with van der Waals surface area (Å²) in [4.78, 5) is 23.6. The number of hydrazine groups is 1. The van der Waals surface area contributed by atoms with Gasteiger partial charge in [0, 0.05) is 20.5 Å². The van der Waals surface area contributed by atoms with E-state index in [1.54, 1.807) is 11.9 Å². The molecule has 2 aliphatic heterocycles. The van der Waals surface area contributed by atoms with Crippen LogP contribution in [0.15, 0.2) is 16.1 Å². The van der Waals surface area contributed by atoms with Gasteiger partial charge in [-0.15, -0.1) is 11.8 Å². The highest BCUT2D eigenvalue weighted by Gasteiger charge is 2.46. The van der Waals surface area contributed by atoms with Crippen molar-refractivity contribution in [3.8, 4) is 0 Å². The first-order valence-corrected chi connectivity index (χ1v) is 7.06. The number of carbonyl (C=O) groups excluding carboxylic acids is 2. The monoisotopic (exact) mass is 316 g/mol. The van der Waals surface area contributed by atoms with Crippen molar-refractivity contribution in [3.63, 3.8) is 0 Å². The van der Waals surface area contributed by atoms with E-state index in [0.29, 0.717) is 6.54 Å². The normalized spacial score (nSPS) is 23.5. The molecule has 0 aromatic rings. The Hall–Kier alpha value is -1.78. The molecular weight excluding hydrogens is 296 g/mol. The van der Waals surface area contributed by atoms with Crippen LogP contribution < -0.4 is 17.3 Å². The Bertz CT molecular complexity index is 453. The Morgan fingerprint density at radius 2 is 2.38 bits per heavy atom. The molecule has 2 rings (SSSR count). The summed E-state index contributed by atoms with van der Waals surface area (Å²) in [5.41, 5.74) is 11.4. The Balaban J connectivity index is 0.000000315. The predicted octanol–water partition coefficient (Wildman–Crippen LogP) is -1.63. The number of hydrazone groups is 1. The maximum absolute atomic E-state index is 11.3. The molecule has 2 unspecified atom stereocenters. The van der Waals surface area contributed by atoms with Gasteiger partial charge in [0.1, 0.15) is 24.4 Å². The second kappa shape index (κ2) is 7.86. The molecule has 0 radical (unpaired) electrons. The van der Waals surface area contributed by atoms with Gasteiger partial charge < -0.3 is 21.1 Å². The smallest absolute Gasteiger partial charge is 0.302 e. The molecule has 1 saturated heterocycles. The molecule has 10 heteroatoms. The van der Waals surface area contributed by atoms with Crippen LogP contribution in [0.1, 0.15) is 6.92 Å². The second-order valence-corrected chi connectivity index (χ2v) is 5.40. The number of hydrogen-bond acceptors (Lipinski definition) is 8. The minimum atomic E-state index is -0.374. The number of ether oxygens (including phenoxy) is 1. The number of nitrogens with two attached hydrogens (primary N) is 3. The number of β-lactam (4-membered cyclic amide) rings is 1. The van der Waals surface area contributed by atoms with Crippen LogP contribution in [-0.2, 0) is 14.3 Å². The molecule has 0 saturated carbocycles. The van der Waals surface area contributed by atoms with Crippen molar-refractivity contribution < 1.29 is 14.3 Å². The molecule has 0 aliphatic carbocycles. The molecule has 2 heterocycles. The van der Waals surface area contributed by atoms with Gasteiger partial charge >= 0.3 is 5.97 Å². The van der Waals surface area contributed by atoms with Gasteiger partial charge in [-0.3, -0.25) is 9.59 Å². The lowest BCUT2D eigenvalue weighted by Crippen LogP contribution is -2.68. The minimum absolute atomic E-state index is 0.0269. The first-order chi connectivity index (χ1) is 9.86. The van der Waals surface area contributed by atoms with Gasteiger partial charge in [0.05, 0.1) is 0 Å². The van der Waals surface area contributed by atoms with Gasteiger partial charge in [0.25, 0.3) is 0 Å². The molecule has 21 heavy (non-hydrogen) atoms. The molecule has 2 aliphatic rings. The Labute approximate surface area is 127 Å². The molecule has 1 amide bonds. The summed E-state index contributed by atoms with van der Waals surface area (Å²) in [6, 6.07) is -0.374. The molecule has 2 atom stereocenters. The largest absolute Gasteiger partial charge is 0.461 e. The molecule has 0 spiro atoms. The third kappa shape index (κ3) is 4.92. The summed E-state index contributed by atoms with van der Waals surface area (Å²) in [5, 5.41) is 6.51. The van der Waals surface area contributed by atoms with Crippen LogP contribution in [0.25, 0.3) is 0 Å². The first-order valence-electron chi connectivity index (χ1n) is 6.12. The van der Waals surface area contributed by atoms with E-state index >= 15 is 0 Å². The predicted molar refractivity (Wildman–Crippen MR) is 80.4 cm³/mol. The maximum atomic E-state index is 11.3. The fraction of sp³-hybridized carbons (Fsp3) is 0.545. The number of hydrogen-bond donors (Lipinski definition) is 3. The fourth-order valence-corrected chi connectivity index (χ4v) is 2.76. The lowest BCUT2D eigenvalue weighted by molar-refractivity contribution is -0.143. The number of rotatable bonds is 3. The summed E-state index contributed by atoms with van der Waals surface area (Å²) in [5.74, 6) is 4.62. The molecule has 9 nitrogen and oxygen atoms in total. The fourth-order valence-electron chi connectivity index (χ4n) is 1.68. The zero-order valence-corrected chi connectivity index (χ0v) is 12.7. The Kier molecular flexibility index (Phi) is 6.46. The van der Waals surface area contributed by atoms with Crippen LogP contribution in [0.3, 0.4) is 0 Å². The summed E-state index contributed by atoms with van der Waals surface area (Å²) in [7, 11) is 1.59. The van der Waals surface area contributed by atoms with Crippen LogP contribution in [0.2, 0.25) is 0 Å². The third-order valence-corrected chi connectivity index (χ3v) is 3.94. The molecule has 118 valence electrons. The van der Waals surface area contributed by atoms with Crippen LogP contribution >= 0.6 is 11.8 Å². The summed E-state index contributed by atoms with van der Waals surface area (Å²) < 4.78 is 4.86. The Morgan fingerprint density at radius 1 is 1.71 bits per heavy atom. The van der Waals surface area contributed by atoms with Crippen molar-refractivity contribution in [2.24, 2.45) is 22.4 Å². The van der Waals surface area contributed by atoms with Crippen LogP contribution in [0.5, 0.6) is 0 Å². The van der Waals surface area contributed by atoms with E-state index in [-0.39, 0.29) is 29.9 Å². The van der Waals surface area contributed by atoms with Crippen molar-refractivity contribution in [2.45, 2.75) is 18.3 Å². The van der Waals surface area contributed by atoms with Gasteiger partial charge in [-0.2, -0.15) is 5.10 Å². The van der Waals surface area contributed by atoms with Crippen molar-refractivity contribution in [1.29, 1.82) is 0 Å². The van der Waals surface area contributed by atoms with E-state index in [1.165, 1.54) is 18.7 Å². The molecule has 1 fully saturated rings. The van der Waals surface area contributed by atoms with Gasteiger partial charge in [-0.1, -0.05) is 0 Å². The number of thioether (sulfide) groups is 1. The van der Waals surface area contributed by atoms with Crippen LogP contribution in [-0.4, -0.2) is 59.8 Å². The minimum Gasteiger partial charge on any atom is -0.461 e. The molecule has 6 N–H and O–H groups in total. The van der Waals surface area contributed by atoms with E-state index in [0.717, 1.165) is 17.0 Å². The highest BCUT2D eigenvalue weighted by Crippen LogP contribution is 2.34. The standard InChI is InChI=1S/C9H12N2O3S.C2H8N4/c1-5(12)14-3-6-2-11-8(13)7(10)9(11)15-4-6;1-6(4)5-2-3/h4,7,9H,2-3,10H2,1H3;2H,4H2,1H3,(H2,3,5). The van der Waals surface area contributed by atoms with Gasteiger partial charge in [0.15, 0.2) is 0 Å². The topological polar surface area (TPSA) is 140 Å². The summed E-state index contributed by atoms with van der Waals surface area (Å²) in [6.07, 6.45) is 1.12. The van der Waals surface area contributed by atoms with E-state index in [9.17, 15) is 9.59 Å². The Morgan fingerprint density at radius 3 is 2.86 bits per heavy atom. The SMILES string of the molecule is CC(=O)OCC1=CSC2C(N)C(=O)N2C1.CN(N)/N=C\N. The van der Waals surface area contributed by atoms with Crippen molar-refractivity contribution in [3.05, 3.63) is 11.0 Å². The highest BCUT2D eigenvalue weighted by molar-refractivity contribution is 8.02. The average molecular weight is 316 g/mol. The first kappa shape index (κ1) is 17.3. The molecule has 0 aromatic heterocycles. The summed E-state index contributed by atoms with van der Waals surface area (Å²) >= 11 is 1.51. The maximum Gasteiger partial charge on any atom is 0.302 e. The van der Waals surface area contributed by atoms with E-state index in [4.69, 9.17) is 22.0 Å².